The van der Waals surface area contributed by atoms with Crippen molar-refractivity contribution in [3.05, 3.63) is 64.1 Å². The van der Waals surface area contributed by atoms with E-state index in [0.29, 0.717) is 18.7 Å². The molecule has 0 saturated carbocycles. The Bertz CT molecular complexity index is 653. The highest BCUT2D eigenvalue weighted by Crippen LogP contribution is 2.13. The van der Waals surface area contributed by atoms with E-state index in [4.69, 9.17) is 0 Å². The van der Waals surface area contributed by atoms with E-state index < -0.39 is 10.8 Å². The Hall–Kier alpha value is -1.46. The zero-order valence-corrected chi connectivity index (χ0v) is 14.7. The van der Waals surface area contributed by atoms with E-state index >= 15 is 0 Å². The molecule has 2 rings (SSSR count). The number of hydrogen-bond donors (Lipinski definition) is 1. The monoisotopic (exact) mass is 379 g/mol. The normalized spacial score (nSPS) is 11.9. The van der Waals surface area contributed by atoms with Crippen LogP contribution in [0.3, 0.4) is 0 Å². The Morgan fingerprint density at radius 2 is 1.73 bits per heavy atom. The summed E-state index contributed by atoms with van der Waals surface area (Å²) >= 11 is 3.35. The van der Waals surface area contributed by atoms with E-state index in [9.17, 15) is 9.00 Å². The summed E-state index contributed by atoms with van der Waals surface area (Å²) in [5.74, 6) is 0.373. The van der Waals surface area contributed by atoms with Crippen LogP contribution in [0, 0.1) is 6.92 Å². The molecule has 0 unspecified atom stereocenters. The predicted octanol–water partition coefficient (Wildman–Crippen LogP) is 3.22. The van der Waals surface area contributed by atoms with Gasteiger partial charge in [0.1, 0.15) is 0 Å². The molecule has 3 nitrogen and oxygen atoms in total. The van der Waals surface area contributed by atoms with E-state index in [1.54, 1.807) is 0 Å². The molecule has 2 aromatic rings. The predicted molar refractivity (Wildman–Crippen MR) is 93.3 cm³/mol. The molecule has 0 saturated heterocycles. The minimum atomic E-state index is -1.09. The highest BCUT2D eigenvalue weighted by molar-refractivity contribution is 9.10. The molecule has 0 aliphatic rings. The first kappa shape index (κ1) is 16.9. The quantitative estimate of drug-likeness (QED) is 0.837. The second-order valence-electron chi connectivity index (χ2n) is 5.02. The number of rotatable bonds is 6. The van der Waals surface area contributed by atoms with Gasteiger partial charge < -0.3 is 5.32 Å². The van der Waals surface area contributed by atoms with Crippen LogP contribution in [-0.2, 0) is 22.0 Å². The largest absolute Gasteiger partial charge is 0.355 e. The van der Waals surface area contributed by atoms with Crippen LogP contribution in [0.5, 0.6) is 0 Å². The van der Waals surface area contributed by atoms with Gasteiger partial charge in [-0.25, -0.2) is 0 Å². The fourth-order valence-corrected chi connectivity index (χ4v) is 3.17. The molecular weight excluding hydrogens is 362 g/mol. The Labute approximate surface area is 141 Å². The summed E-state index contributed by atoms with van der Waals surface area (Å²) in [4.78, 5) is 12.6. The van der Waals surface area contributed by atoms with Crippen LogP contribution in [0.15, 0.2) is 57.9 Å². The van der Waals surface area contributed by atoms with Crippen LogP contribution in [0.2, 0.25) is 0 Å². The maximum Gasteiger partial charge on any atom is 0.224 e. The average molecular weight is 380 g/mol. The van der Waals surface area contributed by atoms with E-state index in [2.05, 4.69) is 21.2 Å². The van der Waals surface area contributed by atoms with Crippen molar-refractivity contribution in [3.63, 3.8) is 0 Å². The van der Waals surface area contributed by atoms with Gasteiger partial charge in [-0.2, -0.15) is 0 Å². The summed E-state index contributed by atoms with van der Waals surface area (Å²) < 4.78 is 13.0. The third kappa shape index (κ3) is 5.39. The number of hydrogen-bond acceptors (Lipinski definition) is 2. The molecule has 1 N–H and O–H groups in total. The van der Waals surface area contributed by atoms with Crippen molar-refractivity contribution in [2.45, 2.75) is 18.2 Å². The number of halogens is 1. The molecule has 0 bridgehead atoms. The van der Waals surface area contributed by atoms with Crippen molar-refractivity contribution in [1.29, 1.82) is 0 Å². The van der Waals surface area contributed by atoms with Gasteiger partial charge >= 0.3 is 0 Å². The minimum absolute atomic E-state index is 0.0448. The molecule has 0 heterocycles. The molecule has 5 heteroatoms. The molecule has 2 aromatic carbocycles. The average Bonchev–Trinajstić information content (AvgIpc) is 2.50. The van der Waals surface area contributed by atoms with E-state index in [1.807, 2.05) is 55.5 Å². The number of amides is 1. The number of carbonyl (C=O) groups excluding carboxylic acids is 1. The summed E-state index contributed by atoms with van der Waals surface area (Å²) in [5, 5.41) is 2.82. The number of carbonyl (C=O) groups is 1. The van der Waals surface area contributed by atoms with Gasteiger partial charge in [0.2, 0.25) is 5.91 Å². The van der Waals surface area contributed by atoms with Gasteiger partial charge in [-0.1, -0.05) is 45.8 Å². The van der Waals surface area contributed by atoms with Crippen molar-refractivity contribution in [2.24, 2.45) is 0 Å². The first-order valence-electron chi connectivity index (χ1n) is 7.01. The zero-order valence-electron chi connectivity index (χ0n) is 12.3. The van der Waals surface area contributed by atoms with Crippen LogP contribution in [0.1, 0.15) is 11.1 Å². The van der Waals surface area contributed by atoms with Crippen LogP contribution < -0.4 is 5.32 Å². The molecule has 0 aromatic heterocycles. The van der Waals surface area contributed by atoms with Crippen molar-refractivity contribution in [2.75, 3.05) is 12.3 Å². The van der Waals surface area contributed by atoms with Crippen LogP contribution in [0.25, 0.3) is 0 Å². The third-order valence-corrected chi connectivity index (χ3v) is 5.07. The minimum Gasteiger partial charge on any atom is -0.355 e. The number of nitrogens with one attached hydrogen (secondary N) is 1. The Balaban J connectivity index is 1.75. The lowest BCUT2D eigenvalue weighted by Gasteiger charge is -2.06. The maximum atomic E-state index is 12.1. The summed E-state index contributed by atoms with van der Waals surface area (Å²) in [7, 11) is -1.09. The van der Waals surface area contributed by atoms with Gasteiger partial charge in [0.15, 0.2) is 0 Å². The first-order chi connectivity index (χ1) is 10.5. The van der Waals surface area contributed by atoms with Crippen LogP contribution in [0.4, 0.5) is 0 Å². The summed E-state index contributed by atoms with van der Waals surface area (Å²) in [6, 6.07) is 15.3. The second-order valence-corrected chi connectivity index (χ2v) is 7.50. The smallest absolute Gasteiger partial charge is 0.224 e. The Morgan fingerprint density at radius 1 is 1.09 bits per heavy atom. The molecule has 0 spiro atoms. The van der Waals surface area contributed by atoms with Gasteiger partial charge in [0.25, 0.3) is 0 Å². The van der Waals surface area contributed by atoms with Crippen LogP contribution >= 0.6 is 15.9 Å². The summed E-state index contributed by atoms with van der Waals surface area (Å²) in [5.41, 5.74) is 2.16. The molecule has 1 amide bonds. The molecule has 0 aliphatic carbocycles. The van der Waals surface area contributed by atoms with E-state index in [-0.39, 0.29) is 5.91 Å². The molecule has 0 radical (unpaired) electrons. The Kier molecular flexibility index (Phi) is 6.34. The molecule has 22 heavy (non-hydrogen) atoms. The molecule has 116 valence electrons. The third-order valence-electron chi connectivity index (χ3n) is 3.17. The van der Waals surface area contributed by atoms with Gasteiger partial charge in [0, 0.05) is 21.7 Å². The zero-order chi connectivity index (χ0) is 15.9. The van der Waals surface area contributed by atoms with Crippen molar-refractivity contribution in [1.82, 2.24) is 5.32 Å². The molecule has 0 aliphatic heterocycles. The lowest BCUT2D eigenvalue weighted by atomic mass is 10.1. The topological polar surface area (TPSA) is 46.2 Å². The van der Waals surface area contributed by atoms with Crippen molar-refractivity contribution in [3.8, 4) is 0 Å². The fraction of sp³-hybridized carbons (Fsp3) is 0.235. The van der Waals surface area contributed by atoms with Crippen molar-refractivity contribution < 1.29 is 9.00 Å². The van der Waals surface area contributed by atoms with Gasteiger partial charge in [0.05, 0.1) is 17.2 Å². The number of aryl methyl sites for hydroxylation is 1. The Morgan fingerprint density at radius 3 is 2.36 bits per heavy atom. The SMILES string of the molecule is Cc1ccc(CC(=O)NCC[S@@](=O)c2ccc(Br)cc2)cc1. The summed E-state index contributed by atoms with van der Waals surface area (Å²) in [6.07, 6.45) is 0.352. The number of benzene rings is 2. The molecular formula is C17H18BrNO2S. The first-order valence-corrected chi connectivity index (χ1v) is 9.12. The van der Waals surface area contributed by atoms with Gasteiger partial charge in [-0.3, -0.25) is 9.00 Å². The highest BCUT2D eigenvalue weighted by atomic mass is 79.9. The fourth-order valence-electron chi connectivity index (χ4n) is 1.94. The van der Waals surface area contributed by atoms with Crippen molar-refractivity contribution >= 4 is 32.6 Å². The van der Waals surface area contributed by atoms with Gasteiger partial charge in [-0.05, 0) is 36.8 Å². The van der Waals surface area contributed by atoms with Crippen LogP contribution in [-0.4, -0.2) is 22.4 Å². The maximum absolute atomic E-state index is 12.1. The van der Waals surface area contributed by atoms with E-state index in [1.165, 1.54) is 5.56 Å². The second kappa shape index (κ2) is 8.25. The molecule has 1 atom stereocenters. The standard InChI is InChI=1S/C17H18BrNO2S/c1-13-2-4-14(5-3-13)12-17(20)19-10-11-22(21)16-8-6-15(18)7-9-16/h2-9H,10-12H2,1H3,(H,19,20)/t22-/m1/s1. The summed E-state index contributed by atoms with van der Waals surface area (Å²) in [6.45, 7) is 2.43. The lowest BCUT2D eigenvalue weighted by Crippen LogP contribution is -2.29. The van der Waals surface area contributed by atoms with Gasteiger partial charge in [-0.15, -0.1) is 0 Å². The highest BCUT2D eigenvalue weighted by Gasteiger charge is 2.06. The van der Waals surface area contributed by atoms with E-state index in [0.717, 1.165) is 14.9 Å². The lowest BCUT2D eigenvalue weighted by molar-refractivity contribution is -0.120. The molecule has 0 fully saturated rings.